The van der Waals surface area contributed by atoms with Gasteiger partial charge in [-0.2, -0.15) is 0 Å². The van der Waals surface area contributed by atoms with Gasteiger partial charge in [0.15, 0.2) is 0 Å². The Morgan fingerprint density at radius 1 is 1.27 bits per heavy atom. The van der Waals surface area contributed by atoms with Crippen LogP contribution in [0.4, 0.5) is 0 Å². The maximum atomic E-state index is 11.4. The van der Waals surface area contributed by atoms with Crippen LogP contribution in [0.5, 0.6) is 0 Å². The molecular weight excluding hydrogens is 400 g/mol. The summed E-state index contributed by atoms with van der Waals surface area (Å²) in [5.74, 6) is -1.03. The minimum atomic E-state index is -4.24. The third-order valence-electron chi connectivity index (χ3n) is 2.97. The summed E-state index contributed by atoms with van der Waals surface area (Å²) in [6, 6.07) is 3.32. The number of aromatic nitrogens is 2. The summed E-state index contributed by atoms with van der Waals surface area (Å²) in [6.07, 6.45) is 0. The van der Waals surface area contributed by atoms with Gasteiger partial charge in [-0.25, -0.2) is 0 Å². The first-order valence-corrected chi connectivity index (χ1v) is 8.39. The minimum Gasteiger partial charge on any atom is -1.00 e. The van der Waals surface area contributed by atoms with E-state index in [-0.39, 0.29) is 19.0 Å². The van der Waals surface area contributed by atoms with E-state index in [2.05, 4.69) is 31.2 Å². The molecule has 0 aliphatic rings. The van der Waals surface area contributed by atoms with E-state index >= 15 is 0 Å². The zero-order valence-electron chi connectivity index (χ0n) is 11.3. The van der Waals surface area contributed by atoms with Gasteiger partial charge in [0, 0.05) is 11.0 Å². The predicted molar refractivity (Wildman–Crippen MR) is 81.2 cm³/mol. The summed E-state index contributed by atoms with van der Waals surface area (Å²) in [4.78, 5) is 45.7. The number of rotatable bonds is 4. The molecule has 0 saturated heterocycles. The van der Waals surface area contributed by atoms with E-state index in [0.717, 1.165) is 0 Å². The summed E-state index contributed by atoms with van der Waals surface area (Å²) in [6.45, 7) is 1.48. The fourth-order valence-corrected chi connectivity index (χ4v) is 2.61. The Kier molecular flexibility index (Phi) is 6.14. The molecule has 122 valence electrons. The van der Waals surface area contributed by atoms with Gasteiger partial charge in [0.2, 0.25) is 0 Å². The normalized spacial score (nSPS) is 12.9. The number of hydrogen-bond acceptors (Lipinski definition) is 4. The molecule has 11 heteroatoms. The number of hydrogen-bond donors (Lipinski definition) is 5. The van der Waals surface area contributed by atoms with Gasteiger partial charge in [-0.15, -0.1) is 0 Å². The molecule has 0 spiro atoms. The van der Waals surface area contributed by atoms with Crippen LogP contribution in [0.3, 0.4) is 0 Å². The number of H-pyrrole nitrogens is 2. The first-order chi connectivity index (χ1) is 9.68. The average Bonchev–Trinajstić information content (AvgIpc) is 2.36. The lowest BCUT2D eigenvalue weighted by atomic mass is 10.1. The number of nitrogens with one attached hydrogen (secondary N) is 3. The van der Waals surface area contributed by atoms with Crippen molar-refractivity contribution in [2.75, 3.05) is 0 Å². The smallest absolute Gasteiger partial charge is 0.342 e. The fraction of sp³-hybridized carbons (Fsp3) is 0.273. The molecule has 0 aliphatic carbocycles. The largest absolute Gasteiger partial charge is 1.00 e. The Bertz CT molecular complexity index is 846. The number of fused-ring (bicyclic) bond motifs is 1. The van der Waals surface area contributed by atoms with Crippen LogP contribution in [0.25, 0.3) is 11.0 Å². The molecule has 1 aromatic carbocycles. The monoisotopic (exact) mass is 412 g/mol. The van der Waals surface area contributed by atoms with Crippen LogP contribution in [0.15, 0.2) is 26.2 Å². The highest BCUT2D eigenvalue weighted by Gasteiger charge is 2.23. The van der Waals surface area contributed by atoms with Gasteiger partial charge in [-0.1, -0.05) is 15.9 Å². The molecule has 0 saturated carbocycles. The molecule has 22 heavy (non-hydrogen) atoms. The lowest BCUT2D eigenvalue weighted by Crippen LogP contribution is -3.00. The fourth-order valence-electron chi connectivity index (χ4n) is 1.77. The molecule has 2 rings (SSSR count). The highest BCUT2D eigenvalue weighted by molar-refractivity contribution is 9.10. The second-order valence-corrected chi connectivity index (χ2v) is 7.41. The van der Waals surface area contributed by atoms with Gasteiger partial charge in [0.05, 0.1) is 11.0 Å². The second-order valence-electron chi connectivity index (χ2n) is 4.54. The van der Waals surface area contributed by atoms with E-state index in [1.807, 2.05) is 0 Å². The summed E-state index contributed by atoms with van der Waals surface area (Å²) < 4.78 is 11.8. The Morgan fingerprint density at radius 2 is 1.86 bits per heavy atom. The zero-order valence-corrected chi connectivity index (χ0v) is 14.5. The molecule has 0 amide bonds. The molecule has 1 atom stereocenters. The Balaban J connectivity index is 0.00000242. The highest BCUT2D eigenvalue weighted by Crippen LogP contribution is 2.39. The van der Waals surface area contributed by atoms with Gasteiger partial charge < -0.3 is 32.2 Å². The van der Waals surface area contributed by atoms with Crippen LogP contribution in [0.2, 0.25) is 0 Å². The summed E-state index contributed by atoms with van der Waals surface area (Å²) in [5.41, 5.74) is -0.118. The lowest BCUT2D eigenvalue weighted by molar-refractivity contribution is -0.00000954. The van der Waals surface area contributed by atoms with Crippen LogP contribution in [0.1, 0.15) is 12.5 Å². The number of benzene rings is 1. The van der Waals surface area contributed by atoms with E-state index in [9.17, 15) is 14.2 Å². The minimum absolute atomic E-state index is 0. The van der Waals surface area contributed by atoms with Crippen molar-refractivity contribution in [3.8, 4) is 0 Å². The molecule has 1 heterocycles. The third-order valence-corrected chi connectivity index (χ3v) is 4.62. The summed E-state index contributed by atoms with van der Waals surface area (Å²) in [7, 11) is -4.24. The standard InChI is InChI=1S/C11H13BrN3O5P.ClH/c1-5(21(18,19)20)13-4-6-2-7(12)3-8-9(6)15-11(17)10(16)14-8;/h2-3,5,13H,4H2,1H3,(H,14,16)(H,15,17)(H2,18,19,20);1H/p-1. The van der Waals surface area contributed by atoms with E-state index < -0.39 is 24.5 Å². The summed E-state index contributed by atoms with van der Waals surface area (Å²) >= 11 is 3.28. The Hall–Kier alpha value is -0.960. The average molecular weight is 414 g/mol. The molecule has 0 radical (unpaired) electrons. The van der Waals surface area contributed by atoms with Crippen LogP contribution >= 0.6 is 23.5 Å². The number of halogens is 2. The highest BCUT2D eigenvalue weighted by atomic mass is 79.9. The lowest BCUT2D eigenvalue weighted by Gasteiger charge is -2.16. The Morgan fingerprint density at radius 3 is 2.45 bits per heavy atom. The van der Waals surface area contributed by atoms with Crippen LogP contribution < -0.4 is 28.8 Å². The first kappa shape index (κ1) is 19.1. The van der Waals surface area contributed by atoms with Crippen molar-refractivity contribution in [2.45, 2.75) is 19.3 Å². The molecule has 0 bridgehead atoms. The van der Waals surface area contributed by atoms with Gasteiger partial charge in [-0.05, 0) is 24.6 Å². The van der Waals surface area contributed by atoms with Crippen LogP contribution in [-0.4, -0.2) is 25.5 Å². The van der Waals surface area contributed by atoms with Crippen LogP contribution in [-0.2, 0) is 11.1 Å². The van der Waals surface area contributed by atoms with E-state index in [0.29, 0.717) is 21.1 Å². The van der Waals surface area contributed by atoms with Crippen LogP contribution in [0, 0.1) is 0 Å². The molecule has 5 N–H and O–H groups in total. The zero-order chi connectivity index (χ0) is 15.8. The molecule has 0 fully saturated rings. The van der Waals surface area contributed by atoms with E-state index in [1.165, 1.54) is 6.92 Å². The van der Waals surface area contributed by atoms with Crippen molar-refractivity contribution in [3.05, 3.63) is 42.9 Å². The maximum absolute atomic E-state index is 11.4. The van der Waals surface area contributed by atoms with Crippen molar-refractivity contribution < 1.29 is 26.8 Å². The second kappa shape index (κ2) is 7.08. The molecule has 1 unspecified atom stereocenters. The quantitative estimate of drug-likeness (QED) is 0.280. The van der Waals surface area contributed by atoms with E-state index in [1.54, 1.807) is 12.1 Å². The van der Waals surface area contributed by atoms with Crippen molar-refractivity contribution in [1.29, 1.82) is 0 Å². The molecule has 2 aromatic rings. The predicted octanol–water partition coefficient (Wildman–Crippen LogP) is -2.40. The first-order valence-electron chi connectivity index (χ1n) is 5.92. The number of aromatic amines is 2. The van der Waals surface area contributed by atoms with Crippen molar-refractivity contribution in [3.63, 3.8) is 0 Å². The van der Waals surface area contributed by atoms with E-state index in [4.69, 9.17) is 9.79 Å². The van der Waals surface area contributed by atoms with Gasteiger partial charge in [0.1, 0.15) is 5.78 Å². The SMILES string of the molecule is CC(NCc1cc(Br)cc2[nH]c(=O)c(=O)[nH]c12)P(=O)(O)O.[Cl-]. The van der Waals surface area contributed by atoms with Gasteiger partial charge in [0.25, 0.3) is 0 Å². The van der Waals surface area contributed by atoms with Crippen molar-refractivity contribution in [2.24, 2.45) is 0 Å². The van der Waals surface area contributed by atoms with Gasteiger partial charge >= 0.3 is 18.7 Å². The van der Waals surface area contributed by atoms with Crippen molar-refractivity contribution in [1.82, 2.24) is 15.3 Å². The molecule has 1 aromatic heterocycles. The van der Waals surface area contributed by atoms with Crippen molar-refractivity contribution >= 4 is 34.6 Å². The Labute approximate surface area is 139 Å². The topological polar surface area (TPSA) is 135 Å². The van der Waals surface area contributed by atoms with Gasteiger partial charge in [-0.3, -0.25) is 19.5 Å². The summed E-state index contributed by atoms with van der Waals surface area (Å²) in [5, 5.41) is 2.69. The molecule has 0 aliphatic heterocycles. The molecular formula is C11H13BrClN3O5P-. The maximum Gasteiger partial charge on any atom is 0.342 e. The molecule has 8 nitrogen and oxygen atoms in total. The third kappa shape index (κ3) is 4.28.